The summed E-state index contributed by atoms with van der Waals surface area (Å²) < 4.78 is 14.2. The van der Waals surface area contributed by atoms with E-state index in [0.717, 1.165) is 29.7 Å². The molecule has 0 bridgehead atoms. The van der Waals surface area contributed by atoms with Crippen LogP contribution < -0.4 is 0 Å². The van der Waals surface area contributed by atoms with Gasteiger partial charge in [-0.2, -0.15) is 0 Å². The topological polar surface area (TPSA) is 3.24 Å². The van der Waals surface area contributed by atoms with Gasteiger partial charge >= 0.3 is 0 Å². The van der Waals surface area contributed by atoms with Gasteiger partial charge in [-0.1, -0.05) is 46.3 Å². The fraction of sp³-hybridized carbons (Fsp3) is 0.294. The van der Waals surface area contributed by atoms with Gasteiger partial charge in [0.1, 0.15) is 5.82 Å². The van der Waals surface area contributed by atoms with Crippen LogP contribution in [-0.2, 0) is 6.54 Å². The molecule has 1 saturated heterocycles. The van der Waals surface area contributed by atoms with Crippen molar-refractivity contribution in [2.45, 2.75) is 18.9 Å². The molecule has 0 saturated carbocycles. The first-order chi connectivity index (χ1) is 9.70. The first kappa shape index (κ1) is 13.8. The summed E-state index contributed by atoms with van der Waals surface area (Å²) in [5.74, 6) is 0.432. The third-order valence-corrected chi connectivity index (χ3v) is 4.33. The van der Waals surface area contributed by atoms with Crippen molar-refractivity contribution in [3.05, 3.63) is 69.9 Å². The van der Waals surface area contributed by atoms with E-state index in [1.165, 1.54) is 18.1 Å². The number of rotatable bonds is 3. The zero-order valence-corrected chi connectivity index (χ0v) is 12.8. The molecule has 104 valence electrons. The summed E-state index contributed by atoms with van der Waals surface area (Å²) in [4.78, 5) is 2.40. The average molecular weight is 334 g/mol. The number of hydrogen-bond acceptors (Lipinski definition) is 1. The van der Waals surface area contributed by atoms with E-state index < -0.39 is 0 Å². The summed E-state index contributed by atoms with van der Waals surface area (Å²) in [5.41, 5.74) is 2.45. The molecular formula is C17H17BrFN. The van der Waals surface area contributed by atoms with Crippen molar-refractivity contribution >= 4 is 15.9 Å². The van der Waals surface area contributed by atoms with E-state index in [-0.39, 0.29) is 5.82 Å². The molecule has 1 nitrogen and oxygen atoms in total. The average Bonchev–Trinajstić information content (AvgIpc) is 2.87. The molecule has 0 aliphatic carbocycles. The second-order valence-corrected chi connectivity index (χ2v) is 6.32. The van der Waals surface area contributed by atoms with E-state index in [4.69, 9.17) is 0 Å². The number of halogens is 2. The second-order valence-electron chi connectivity index (χ2n) is 5.41. The van der Waals surface area contributed by atoms with Gasteiger partial charge in [0.05, 0.1) is 0 Å². The number of nitrogens with zero attached hydrogens (tertiary/aromatic N) is 1. The van der Waals surface area contributed by atoms with Gasteiger partial charge in [-0.25, -0.2) is 4.39 Å². The maximum atomic E-state index is 13.4. The molecule has 1 atom stereocenters. The van der Waals surface area contributed by atoms with E-state index >= 15 is 0 Å². The van der Waals surface area contributed by atoms with Gasteiger partial charge in [-0.05, 0) is 48.2 Å². The van der Waals surface area contributed by atoms with Gasteiger partial charge < -0.3 is 0 Å². The van der Waals surface area contributed by atoms with E-state index in [0.29, 0.717) is 5.92 Å². The Labute approximate surface area is 127 Å². The highest BCUT2D eigenvalue weighted by Gasteiger charge is 2.23. The van der Waals surface area contributed by atoms with Crippen molar-refractivity contribution < 1.29 is 4.39 Å². The van der Waals surface area contributed by atoms with Crippen LogP contribution in [0.5, 0.6) is 0 Å². The molecule has 3 heteroatoms. The molecule has 1 heterocycles. The standard InChI is InChI=1S/C17H17BrFN/c18-16-8-13(9-17(19)10-16)11-20-7-6-15(12-20)14-4-2-1-3-5-14/h1-5,8-10,15H,6-7,11-12H2. The Kier molecular flexibility index (Phi) is 4.18. The highest BCUT2D eigenvalue weighted by Crippen LogP contribution is 2.28. The van der Waals surface area contributed by atoms with Crippen molar-refractivity contribution in [3.8, 4) is 0 Å². The lowest BCUT2D eigenvalue weighted by Gasteiger charge is -2.16. The largest absolute Gasteiger partial charge is 0.298 e. The van der Waals surface area contributed by atoms with E-state index in [9.17, 15) is 4.39 Å². The van der Waals surface area contributed by atoms with Gasteiger partial charge in [-0.15, -0.1) is 0 Å². The molecule has 2 aromatic carbocycles. The third-order valence-electron chi connectivity index (χ3n) is 3.87. The van der Waals surface area contributed by atoms with Crippen LogP contribution in [0.2, 0.25) is 0 Å². The monoisotopic (exact) mass is 333 g/mol. The van der Waals surface area contributed by atoms with Crippen molar-refractivity contribution in [1.29, 1.82) is 0 Å². The van der Waals surface area contributed by atoms with Crippen LogP contribution >= 0.6 is 15.9 Å². The van der Waals surface area contributed by atoms with Gasteiger partial charge in [-0.3, -0.25) is 4.90 Å². The first-order valence-electron chi connectivity index (χ1n) is 6.93. The molecule has 0 N–H and O–H groups in total. The minimum absolute atomic E-state index is 0.173. The zero-order chi connectivity index (χ0) is 13.9. The molecule has 1 unspecified atom stereocenters. The molecule has 0 radical (unpaired) electrons. The molecule has 20 heavy (non-hydrogen) atoms. The molecule has 1 aliphatic rings. The smallest absolute Gasteiger partial charge is 0.124 e. The van der Waals surface area contributed by atoms with Crippen molar-refractivity contribution in [3.63, 3.8) is 0 Å². The maximum absolute atomic E-state index is 13.4. The lowest BCUT2D eigenvalue weighted by Crippen LogP contribution is -2.19. The molecule has 0 aromatic heterocycles. The van der Waals surface area contributed by atoms with Crippen LogP contribution in [0.3, 0.4) is 0 Å². The van der Waals surface area contributed by atoms with Crippen molar-refractivity contribution in [2.75, 3.05) is 13.1 Å². The Balaban J connectivity index is 1.66. The molecule has 0 amide bonds. The van der Waals surface area contributed by atoms with E-state index in [2.05, 4.69) is 51.2 Å². The van der Waals surface area contributed by atoms with Gasteiger partial charge in [0.25, 0.3) is 0 Å². The van der Waals surface area contributed by atoms with Gasteiger partial charge in [0.15, 0.2) is 0 Å². The Morgan fingerprint density at radius 2 is 1.95 bits per heavy atom. The summed E-state index contributed by atoms with van der Waals surface area (Å²) in [6.45, 7) is 2.95. The number of likely N-dealkylation sites (tertiary alicyclic amines) is 1. The SMILES string of the molecule is Fc1cc(Br)cc(CN2CCC(c3ccccc3)C2)c1. The number of hydrogen-bond donors (Lipinski definition) is 0. The fourth-order valence-corrected chi connectivity index (χ4v) is 3.45. The lowest BCUT2D eigenvalue weighted by atomic mass is 9.99. The lowest BCUT2D eigenvalue weighted by molar-refractivity contribution is 0.326. The maximum Gasteiger partial charge on any atom is 0.124 e. The van der Waals surface area contributed by atoms with Crippen LogP contribution in [0.25, 0.3) is 0 Å². The Morgan fingerprint density at radius 1 is 1.15 bits per heavy atom. The highest BCUT2D eigenvalue weighted by molar-refractivity contribution is 9.10. The first-order valence-corrected chi connectivity index (χ1v) is 7.72. The Bertz CT molecular complexity index is 565. The van der Waals surface area contributed by atoms with Gasteiger partial charge in [0.2, 0.25) is 0 Å². The van der Waals surface area contributed by atoms with Crippen LogP contribution in [0.4, 0.5) is 4.39 Å². The van der Waals surface area contributed by atoms with Crippen LogP contribution in [0, 0.1) is 5.82 Å². The quantitative estimate of drug-likeness (QED) is 0.794. The fourth-order valence-electron chi connectivity index (χ4n) is 2.93. The van der Waals surface area contributed by atoms with Gasteiger partial charge in [0, 0.05) is 17.6 Å². The second kappa shape index (κ2) is 6.06. The summed E-state index contributed by atoms with van der Waals surface area (Å²) in [6, 6.07) is 15.8. The normalized spacial score (nSPS) is 19.4. The molecule has 0 spiro atoms. The molecular weight excluding hydrogens is 317 g/mol. The van der Waals surface area contributed by atoms with Crippen LogP contribution in [0.1, 0.15) is 23.5 Å². The summed E-state index contributed by atoms with van der Waals surface area (Å²) in [5, 5.41) is 0. The Morgan fingerprint density at radius 3 is 2.70 bits per heavy atom. The number of benzene rings is 2. The predicted molar refractivity (Wildman–Crippen MR) is 83.2 cm³/mol. The van der Waals surface area contributed by atoms with E-state index in [1.807, 2.05) is 6.07 Å². The molecule has 2 aromatic rings. The molecule has 1 aliphatic heterocycles. The van der Waals surface area contributed by atoms with Crippen molar-refractivity contribution in [1.82, 2.24) is 4.90 Å². The Hall–Kier alpha value is -1.19. The van der Waals surface area contributed by atoms with Crippen LogP contribution in [-0.4, -0.2) is 18.0 Å². The summed E-state index contributed by atoms with van der Waals surface area (Å²) in [7, 11) is 0. The van der Waals surface area contributed by atoms with Crippen LogP contribution in [0.15, 0.2) is 53.0 Å². The molecule has 3 rings (SSSR count). The minimum atomic E-state index is -0.173. The molecule has 1 fully saturated rings. The summed E-state index contributed by atoms with van der Waals surface area (Å²) >= 11 is 3.35. The third kappa shape index (κ3) is 3.28. The zero-order valence-electron chi connectivity index (χ0n) is 11.2. The van der Waals surface area contributed by atoms with Crippen molar-refractivity contribution in [2.24, 2.45) is 0 Å². The minimum Gasteiger partial charge on any atom is -0.298 e. The highest BCUT2D eigenvalue weighted by atomic mass is 79.9. The predicted octanol–water partition coefficient (Wildman–Crippen LogP) is 4.58. The van der Waals surface area contributed by atoms with E-state index in [1.54, 1.807) is 6.07 Å². The summed E-state index contributed by atoms with van der Waals surface area (Å²) in [6.07, 6.45) is 1.18.